The van der Waals surface area contributed by atoms with Gasteiger partial charge in [0.25, 0.3) is 0 Å². The third-order valence-electron chi connectivity index (χ3n) is 3.98. The lowest BCUT2D eigenvalue weighted by Gasteiger charge is -2.22. The van der Waals surface area contributed by atoms with Gasteiger partial charge in [-0.3, -0.25) is 4.79 Å². The topological polar surface area (TPSA) is 55.6 Å². The van der Waals surface area contributed by atoms with E-state index in [1.54, 1.807) is 0 Å². The Morgan fingerprint density at radius 3 is 2.84 bits per heavy atom. The normalized spacial score (nSPS) is 19.7. The molecule has 2 heterocycles. The van der Waals surface area contributed by atoms with Gasteiger partial charge in [0, 0.05) is 13.1 Å². The minimum absolute atomic E-state index is 0.0502. The van der Waals surface area contributed by atoms with E-state index in [0.717, 1.165) is 56.7 Å². The summed E-state index contributed by atoms with van der Waals surface area (Å²) in [6, 6.07) is 5.36. The summed E-state index contributed by atoms with van der Waals surface area (Å²) in [4.78, 5) is 14.2. The first-order chi connectivity index (χ1) is 9.25. The van der Waals surface area contributed by atoms with Crippen molar-refractivity contribution in [1.82, 2.24) is 4.90 Å². The summed E-state index contributed by atoms with van der Waals surface area (Å²) >= 11 is 0. The summed E-state index contributed by atoms with van der Waals surface area (Å²) in [5.41, 5.74) is 8.20. The van der Waals surface area contributed by atoms with Crippen LogP contribution >= 0.6 is 0 Å². The van der Waals surface area contributed by atoms with Crippen LogP contribution in [0.5, 0.6) is 5.75 Å². The van der Waals surface area contributed by atoms with Crippen LogP contribution in [0, 0.1) is 0 Å². The van der Waals surface area contributed by atoms with Crippen molar-refractivity contribution in [3.05, 3.63) is 29.3 Å². The number of likely N-dealkylation sites (tertiary alicyclic amines) is 1. The Hall–Kier alpha value is -1.55. The smallest absolute Gasteiger partial charge is 0.244 e. The SMILES string of the molecule is NC(C(=O)N1CCCC1)c1ccc2c(c1)CCCO2. The molecule has 1 atom stereocenters. The van der Waals surface area contributed by atoms with Crippen LogP contribution in [0.15, 0.2) is 18.2 Å². The van der Waals surface area contributed by atoms with Gasteiger partial charge >= 0.3 is 0 Å². The van der Waals surface area contributed by atoms with E-state index in [4.69, 9.17) is 10.5 Å². The van der Waals surface area contributed by atoms with Crippen LogP contribution < -0.4 is 10.5 Å². The number of aryl methyl sites for hydroxylation is 1. The summed E-state index contributed by atoms with van der Waals surface area (Å²) < 4.78 is 5.58. The van der Waals surface area contributed by atoms with Crippen LogP contribution in [0.3, 0.4) is 0 Å². The largest absolute Gasteiger partial charge is 0.493 e. The highest BCUT2D eigenvalue weighted by molar-refractivity contribution is 5.83. The van der Waals surface area contributed by atoms with Gasteiger partial charge in [0.15, 0.2) is 0 Å². The highest BCUT2D eigenvalue weighted by atomic mass is 16.5. The predicted molar refractivity (Wildman–Crippen MR) is 73.0 cm³/mol. The molecule has 0 aromatic heterocycles. The first kappa shape index (κ1) is 12.5. The standard InChI is InChI=1S/C15H20N2O2/c16-14(15(18)17-7-1-2-8-17)12-5-6-13-11(10-12)4-3-9-19-13/h5-6,10,14H,1-4,7-9,16H2. The van der Waals surface area contributed by atoms with E-state index in [2.05, 4.69) is 0 Å². The molecule has 1 saturated heterocycles. The van der Waals surface area contributed by atoms with E-state index in [1.165, 1.54) is 5.56 Å². The third-order valence-corrected chi connectivity index (χ3v) is 3.98. The van der Waals surface area contributed by atoms with Gasteiger partial charge in [-0.2, -0.15) is 0 Å². The number of ether oxygens (including phenoxy) is 1. The Kier molecular flexibility index (Phi) is 3.42. The fraction of sp³-hybridized carbons (Fsp3) is 0.533. The molecule has 2 N–H and O–H groups in total. The molecule has 0 saturated carbocycles. The van der Waals surface area contributed by atoms with Gasteiger partial charge in [-0.1, -0.05) is 12.1 Å². The predicted octanol–water partition coefficient (Wildman–Crippen LogP) is 1.63. The van der Waals surface area contributed by atoms with Crippen LogP contribution in [0.4, 0.5) is 0 Å². The molecule has 0 spiro atoms. The molecule has 0 aliphatic carbocycles. The number of hydrogen-bond acceptors (Lipinski definition) is 3. The van der Waals surface area contributed by atoms with Crippen molar-refractivity contribution in [3.63, 3.8) is 0 Å². The fourth-order valence-electron chi connectivity index (χ4n) is 2.85. The fourth-order valence-corrected chi connectivity index (χ4v) is 2.85. The van der Waals surface area contributed by atoms with Crippen LogP contribution in [0.2, 0.25) is 0 Å². The molecule has 1 amide bonds. The zero-order valence-electron chi connectivity index (χ0n) is 11.1. The average Bonchev–Trinajstić information content (AvgIpc) is 2.99. The Morgan fingerprint density at radius 2 is 2.05 bits per heavy atom. The number of amides is 1. The highest BCUT2D eigenvalue weighted by Crippen LogP contribution is 2.28. The molecule has 19 heavy (non-hydrogen) atoms. The highest BCUT2D eigenvalue weighted by Gasteiger charge is 2.25. The van der Waals surface area contributed by atoms with Crippen molar-refractivity contribution >= 4 is 5.91 Å². The Morgan fingerprint density at radius 1 is 1.26 bits per heavy atom. The third kappa shape index (κ3) is 2.45. The number of fused-ring (bicyclic) bond motifs is 1. The molecule has 0 radical (unpaired) electrons. The number of nitrogens with two attached hydrogens (primary N) is 1. The maximum Gasteiger partial charge on any atom is 0.244 e. The maximum absolute atomic E-state index is 12.3. The minimum Gasteiger partial charge on any atom is -0.493 e. The maximum atomic E-state index is 12.3. The van der Waals surface area contributed by atoms with E-state index in [0.29, 0.717) is 0 Å². The second kappa shape index (κ2) is 5.21. The molecule has 1 unspecified atom stereocenters. The number of rotatable bonds is 2. The number of carbonyl (C=O) groups is 1. The average molecular weight is 260 g/mol. The van der Waals surface area contributed by atoms with Crippen LogP contribution in [0.25, 0.3) is 0 Å². The summed E-state index contributed by atoms with van der Waals surface area (Å²) in [7, 11) is 0. The number of carbonyl (C=O) groups excluding carboxylic acids is 1. The van der Waals surface area contributed by atoms with Crippen molar-refractivity contribution in [2.24, 2.45) is 5.73 Å². The van der Waals surface area contributed by atoms with Crippen molar-refractivity contribution in [1.29, 1.82) is 0 Å². The first-order valence-electron chi connectivity index (χ1n) is 7.06. The molecular formula is C15H20N2O2. The zero-order chi connectivity index (χ0) is 13.2. The summed E-state index contributed by atoms with van der Waals surface area (Å²) in [5.74, 6) is 0.991. The molecule has 0 bridgehead atoms. The minimum atomic E-state index is -0.537. The van der Waals surface area contributed by atoms with Crippen LogP contribution in [-0.2, 0) is 11.2 Å². The van der Waals surface area contributed by atoms with E-state index < -0.39 is 6.04 Å². The molecule has 2 aliphatic rings. The van der Waals surface area contributed by atoms with Gasteiger partial charge in [0.1, 0.15) is 11.8 Å². The van der Waals surface area contributed by atoms with Crippen molar-refractivity contribution in [2.75, 3.05) is 19.7 Å². The molecule has 4 heteroatoms. The van der Waals surface area contributed by atoms with Gasteiger partial charge < -0.3 is 15.4 Å². The second-order valence-corrected chi connectivity index (χ2v) is 5.33. The Labute approximate surface area is 113 Å². The van der Waals surface area contributed by atoms with Crippen LogP contribution in [0.1, 0.15) is 36.4 Å². The van der Waals surface area contributed by atoms with E-state index >= 15 is 0 Å². The van der Waals surface area contributed by atoms with Crippen molar-refractivity contribution in [2.45, 2.75) is 31.7 Å². The molecule has 1 aromatic carbocycles. The van der Waals surface area contributed by atoms with Crippen LogP contribution in [-0.4, -0.2) is 30.5 Å². The molecule has 2 aliphatic heterocycles. The lowest BCUT2D eigenvalue weighted by Crippen LogP contribution is -2.36. The van der Waals surface area contributed by atoms with Gasteiger partial charge in [-0.15, -0.1) is 0 Å². The van der Waals surface area contributed by atoms with E-state index in [9.17, 15) is 4.79 Å². The monoisotopic (exact) mass is 260 g/mol. The molecule has 4 nitrogen and oxygen atoms in total. The summed E-state index contributed by atoms with van der Waals surface area (Å²) in [6.07, 6.45) is 4.23. The number of hydrogen-bond donors (Lipinski definition) is 1. The van der Waals surface area contributed by atoms with Gasteiger partial charge in [-0.05, 0) is 42.9 Å². The van der Waals surface area contributed by atoms with Gasteiger partial charge in [0.05, 0.1) is 6.61 Å². The molecule has 102 valence electrons. The molecule has 3 rings (SSSR count). The Balaban J connectivity index is 1.79. The van der Waals surface area contributed by atoms with E-state index in [1.807, 2.05) is 23.1 Å². The zero-order valence-corrected chi connectivity index (χ0v) is 11.1. The van der Waals surface area contributed by atoms with Crippen molar-refractivity contribution < 1.29 is 9.53 Å². The lowest BCUT2D eigenvalue weighted by atomic mass is 9.99. The Bertz CT molecular complexity index is 481. The lowest BCUT2D eigenvalue weighted by molar-refractivity contribution is -0.131. The summed E-state index contributed by atoms with van der Waals surface area (Å²) in [6.45, 7) is 2.48. The molecular weight excluding hydrogens is 240 g/mol. The van der Waals surface area contributed by atoms with Crippen molar-refractivity contribution in [3.8, 4) is 5.75 Å². The van der Waals surface area contributed by atoms with Gasteiger partial charge in [0.2, 0.25) is 5.91 Å². The summed E-state index contributed by atoms with van der Waals surface area (Å²) in [5, 5.41) is 0. The molecule has 1 fully saturated rings. The number of nitrogens with zero attached hydrogens (tertiary/aromatic N) is 1. The van der Waals surface area contributed by atoms with Gasteiger partial charge in [-0.25, -0.2) is 0 Å². The number of benzene rings is 1. The second-order valence-electron chi connectivity index (χ2n) is 5.33. The van der Waals surface area contributed by atoms with E-state index in [-0.39, 0.29) is 5.91 Å². The quantitative estimate of drug-likeness (QED) is 0.879. The first-order valence-corrected chi connectivity index (χ1v) is 7.06. The molecule has 1 aromatic rings.